The normalized spacial score (nSPS) is 11.7. The predicted octanol–water partition coefficient (Wildman–Crippen LogP) is 1.96. The Bertz CT molecular complexity index is 494. The first-order valence-corrected chi connectivity index (χ1v) is 5.98. The number of hydrogen-bond donors (Lipinski definition) is 1. The number of benzene rings is 1. The molecule has 0 aliphatic carbocycles. The number of aliphatic hydroxyl groups is 1. The van der Waals surface area contributed by atoms with Crippen LogP contribution in [0.3, 0.4) is 0 Å². The average Bonchev–Trinajstić information content (AvgIpc) is 2.36. The number of hydrogen-bond acceptors (Lipinski definition) is 5. The van der Waals surface area contributed by atoms with Gasteiger partial charge >= 0.3 is 6.18 Å². The second kappa shape index (κ2) is 7.23. The van der Waals surface area contributed by atoms with Gasteiger partial charge in [-0.25, -0.2) is 0 Å². The summed E-state index contributed by atoms with van der Waals surface area (Å²) < 4.78 is 42.4. The van der Waals surface area contributed by atoms with Crippen molar-refractivity contribution in [2.24, 2.45) is 0 Å². The maximum absolute atomic E-state index is 12.5. The Kier molecular flexibility index (Phi) is 5.91. The van der Waals surface area contributed by atoms with E-state index in [-0.39, 0.29) is 30.1 Å². The summed E-state index contributed by atoms with van der Waals surface area (Å²) in [5, 5.41) is 19.6. The first-order valence-electron chi connectivity index (χ1n) is 5.98. The molecule has 0 aliphatic heterocycles. The molecule has 118 valence electrons. The van der Waals surface area contributed by atoms with Crippen molar-refractivity contribution in [3.63, 3.8) is 0 Å². The molecule has 0 aliphatic rings. The lowest BCUT2D eigenvalue weighted by Gasteiger charge is -2.23. The highest BCUT2D eigenvalue weighted by molar-refractivity contribution is 5.43. The summed E-state index contributed by atoms with van der Waals surface area (Å²) in [4.78, 5) is 11.0. The fourth-order valence-corrected chi connectivity index (χ4v) is 1.85. The third-order valence-electron chi connectivity index (χ3n) is 2.69. The maximum Gasteiger partial charge on any atom is 0.401 e. The van der Waals surface area contributed by atoms with E-state index in [0.29, 0.717) is 0 Å². The predicted molar refractivity (Wildman–Crippen MR) is 68.1 cm³/mol. The van der Waals surface area contributed by atoms with Gasteiger partial charge in [0.15, 0.2) is 0 Å². The van der Waals surface area contributed by atoms with Crippen molar-refractivity contribution in [1.82, 2.24) is 4.90 Å². The van der Waals surface area contributed by atoms with Gasteiger partial charge < -0.3 is 9.84 Å². The van der Waals surface area contributed by atoms with Crippen LogP contribution in [-0.2, 0) is 6.54 Å². The molecule has 6 nitrogen and oxygen atoms in total. The van der Waals surface area contributed by atoms with Crippen LogP contribution < -0.4 is 4.74 Å². The Labute approximate surface area is 118 Å². The largest absolute Gasteiger partial charge is 0.496 e. The first kappa shape index (κ1) is 17.2. The molecule has 0 spiro atoms. The molecule has 0 bridgehead atoms. The Morgan fingerprint density at radius 1 is 1.43 bits per heavy atom. The number of alkyl halides is 3. The van der Waals surface area contributed by atoms with E-state index in [0.717, 1.165) is 4.90 Å². The van der Waals surface area contributed by atoms with E-state index in [4.69, 9.17) is 9.84 Å². The Hall–Kier alpha value is -1.87. The molecule has 0 amide bonds. The quantitative estimate of drug-likeness (QED) is 0.615. The van der Waals surface area contributed by atoms with Gasteiger partial charge in [0, 0.05) is 30.8 Å². The SMILES string of the molecule is COc1ccc([N+](=O)[O-])cc1CN(CCO)CC(F)(F)F. The monoisotopic (exact) mass is 308 g/mol. The maximum atomic E-state index is 12.5. The zero-order valence-corrected chi connectivity index (χ0v) is 11.3. The zero-order valence-electron chi connectivity index (χ0n) is 11.3. The van der Waals surface area contributed by atoms with Crippen LogP contribution in [0.15, 0.2) is 18.2 Å². The highest BCUT2D eigenvalue weighted by Crippen LogP contribution is 2.26. The molecule has 1 aromatic rings. The molecule has 0 saturated heterocycles. The van der Waals surface area contributed by atoms with Gasteiger partial charge in [0.2, 0.25) is 0 Å². The van der Waals surface area contributed by atoms with E-state index >= 15 is 0 Å². The van der Waals surface area contributed by atoms with Gasteiger partial charge in [0.1, 0.15) is 5.75 Å². The number of nitrogens with zero attached hydrogens (tertiary/aromatic N) is 2. The van der Waals surface area contributed by atoms with E-state index < -0.39 is 24.3 Å². The van der Waals surface area contributed by atoms with E-state index in [1.165, 1.54) is 25.3 Å². The third-order valence-corrected chi connectivity index (χ3v) is 2.69. The highest BCUT2D eigenvalue weighted by atomic mass is 19.4. The van der Waals surface area contributed by atoms with E-state index in [1.54, 1.807) is 0 Å². The lowest BCUT2D eigenvalue weighted by molar-refractivity contribution is -0.385. The van der Waals surface area contributed by atoms with E-state index in [1.807, 2.05) is 0 Å². The van der Waals surface area contributed by atoms with Crippen LogP contribution in [-0.4, -0.2) is 47.9 Å². The lowest BCUT2D eigenvalue weighted by Crippen LogP contribution is -2.35. The van der Waals surface area contributed by atoms with Crippen molar-refractivity contribution < 1.29 is 27.9 Å². The van der Waals surface area contributed by atoms with Gasteiger partial charge in [-0.05, 0) is 6.07 Å². The Morgan fingerprint density at radius 3 is 2.57 bits per heavy atom. The lowest BCUT2D eigenvalue weighted by atomic mass is 10.1. The van der Waals surface area contributed by atoms with E-state index in [2.05, 4.69) is 0 Å². The Balaban J connectivity index is 3.00. The van der Waals surface area contributed by atoms with Crippen molar-refractivity contribution in [2.45, 2.75) is 12.7 Å². The number of ether oxygens (including phenoxy) is 1. The Morgan fingerprint density at radius 2 is 2.10 bits per heavy atom. The standard InChI is InChI=1S/C12H15F3N2O4/c1-21-11-3-2-10(17(19)20)6-9(11)7-16(4-5-18)8-12(13,14)15/h2-3,6,18H,4-5,7-8H2,1H3. The topological polar surface area (TPSA) is 75.8 Å². The van der Waals surface area contributed by atoms with Crippen molar-refractivity contribution in [3.8, 4) is 5.75 Å². The van der Waals surface area contributed by atoms with Crippen molar-refractivity contribution in [1.29, 1.82) is 0 Å². The van der Waals surface area contributed by atoms with Crippen LogP contribution in [0.1, 0.15) is 5.56 Å². The minimum absolute atomic E-state index is 0.203. The first-order chi connectivity index (χ1) is 9.76. The molecule has 0 aromatic heterocycles. The molecule has 21 heavy (non-hydrogen) atoms. The van der Waals surface area contributed by atoms with Gasteiger partial charge in [0.25, 0.3) is 5.69 Å². The second-order valence-corrected chi connectivity index (χ2v) is 4.30. The van der Waals surface area contributed by atoms with Crippen LogP contribution in [0.25, 0.3) is 0 Å². The minimum Gasteiger partial charge on any atom is -0.496 e. The smallest absolute Gasteiger partial charge is 0.401 e. The summed E-state index contributed by atoms with van der Waals surface area (Å²) in [5.41, 5.74) is 0.0196. The van der Waals surface area contributed by atoms with Crippen LogP contribution in [0.4, 0.5) is 18.9 Å². The zero-order chi connectivity index (χ0) is 16.0. The third kappa shape index (κ3) is 5.56. The minimum atomic E-state index is -4.43. The van der Waals surface area contributed by atoms with Gasteiger partial charge in [-0.3, -0.25) is 15.0 Å². The number of rotatable bonds is 7. The van der Waals surface area contributed by atoms with Crippen molar-refractivity contribution in [3.05, 3.63) is 33.9 Å². The molecule has 9 heteroatoms. The van der Waals surface area contributed by atoms with Crippen LogP contribution in [0, 0.1) is 10.1 Å². The fourth-order valence-electron chi connectivity index (χ4n) is 1.85. The van der Waals surface area contributed by atoms with Crippen LogP contribution >= 0.6 is 0 Å². The highest BCUT2D eigenvalue weighted by Gasteiger charge is 2.31. The van der Waals surface area contributed by atoms with Crippen molar-refractivity contribution in [2.75, 3.05) is 26.8 Å². The van der Waals surface area contributed by atoms with Crippen molar-refractivity contribution >= 4 is 5.69 Å². The van der Waals surface area contributed by atoms with Crippen LogP contribution in [0.5, 0.6) is 5.75 Å². The molecule has 0 heterocycles. The molecule has 0 atom stereocenters. The molecule has 1 N–H and O–H groups in total. The van der Waals surface area contributed by atoms with Gasteiger partial charge in [-0.15, -0.1) is 0 Å². The van der Waals surface area contributed by atoms with Gasteiger partial charge in [-0.1, -0.05) is 0 Å². The number of halogens is 3. The number of methoxy groups -OCH3 is 1. The number of non-ortho nitro benzene ring substituents is 1. The summed E-state index contributed by atoms with van der Waals surface area (Å²) in [6.07, 6.45) is -4.43. The molecular formula is C12H15F3N2O4. The average molecular weight is 308 g/mol. The summed E-state index contributed by atoms with van der Waals surface area (Å²) >= 11 is 0. The van der Waals surface area contributed by atoms with E-state index in [9.17, 15) is 23.3 Å². The second-order valence-electron chi connectivity index (χ2n) is 4.30. The molecule has 0 radical (unpaired) electrons. The molecule has 0 fully saturated rings. The van der Waals surface area contributed by atoms with Crippen LogP contribution in [0.2, 0.25) is 0 Å². The molecule has 1 rings (SSSR count). The van der Waals surface area contributed by atoms with Gasteiger partial charge in [0.05, 0.1) is 25.2 Å². The summed E-state index contributed by atoms with van der Waals surface area (Å²) in [6.45, 7) is -2.09. The number of nitro groups is 1. The summed E-state index contributed by atoms with van der Waals surface area (Å²) in [6, 6.07) is 3.71. The molecule has 0 unspecified atom stereocenters. The molecule has 0 saturated carbocycles. The summed E-state index contributed by atoms with van der Waals surface area (Å²) in [5.74, 6) is 0.255. The number of aliphatic hydroxyl groups excluding tert-OH is 1. The summed E-state index contributed by atoms with van der Waals surface area (Å²) in [7, 11) is 1.32. The fraction of sp³-hybridized carbons (Fsp3) is 0.500. The molecular weight excluding hydrogens is 293 g/mol. The number of nitro benzene ring substituents is 1. The molecule has 1 aromatic carbocycles. The van der Waals surface area contributed by atoms with Gasteiger partial charge in [-0.2, -0.15) is 13.2 Å².